The highest BCUT2D eigenvalue weighted by molar-refractivity contribution is 4.93. The van der Waals surface area contributed by atoms with Crippen molar-refractivity contribution in [2.24, 2.45) is 0 Å². The first-order valence-corrected chi connectivity index (χ1v) is 7.94. The maximum absolute atomic E-state index is 3.75. The van der Waals surface area contributed by atoms with Crippen LogP contribution in [0.2, 0.25) is 0 Å². The lowest BCUT2D eigenvalue weighted by Gasteiger charge is -2.45. The third kappa shape index (κ3) is 2.68. The second-order valence-corrected chi connectivity index (χ2v) is 6.30. The van der Waals surface area contributed by atoms with E-state index in [1.807, 2.05) is 0 Å². The van der Waals surface area contributed by atoms with Gasteiger partial charge in [-0.05, 0) is 51.6 Å². The molecular weight excluding hydrogens is 208 g/mol. The molecule has 98 valence electrons. The Bertz CT molecular complexity index is 229. The summed E-state index contributed by atoms with van der Waals surface area (Å²) in [4.78, 5) is 2.91. The Hall–Kier alpha value is -0.0800. The largest absolute Gasteiger partial charge is 0.312 e. The van der Waals surface area contributed by atoms with E-state index in [-0.39, 0.29) is 0 Å². The molecule has 0 amide bonds. The van der Waals surface area contributed by atoms with E-state index in [2.05, 4.69) is 10.2 Å². The molecule has 2 atom stereocenters. The molecule has 0 radical (unpaired) electrons. The molecule has 2 heterocycles. The topological polar surface area (TPSA) is 15.3 Å². The summed E-state index contributed by atoms with van der Waals surface area (Å²) in [6.07, 6.45) is 14.6. The fraction of sp³-hybridized carbons (Fsp3) is 1.00. The number of likely N-dealkylation sites (tertiary alicyclic amines) is 1. The van der Waals surface area contributed by atoms with Crippen LogP contribution >= 0.6 is 0 Å². The van der Waals surface area contributed by atoms with Crippen molar-refractivity contribution >= 4 is 0 Å². The molecule has 2 unspecified atom stereocenters. The molecule has 2 aliphatic heterocycles. The van der Waals surface area contributed by atoms with Crippen LogP contribution in [0.25, 0.3) is 0 Å². The first kappa shape index (κ1) is 12.0. The molecule has 3 aliphatic rings. The van der Waals surface area contributed by atoms with Crippen LogP contribution in [-0.4, -0.2) is 36.1 Å². The zero-order chi connectivity index (χ0) is 11.5. The summed E-state index contributed by atoms with van der Waals surface area (Å²) < 4.78 is 0. The van der Waals surface area contributed by atoms with Crippen molar-refractivity contribution in [2.45, 2.75) is 82.3 Å². The fourth-order valence-corrected chi connectivity index (χ4v) is 4.32. The van der Waals surface area contributed by atoms with Crippen LogP contribution in [-0.2, 0) is 0 Å². The van der Waals surface area contributed by atoms with Crippen LogP contribution in [0.15, 0.2) is 0 Å². The Labute approximate surface area is 106 Å². The number of nitrogens with zero attached hydrogens (tertiary/aromatic N) is 1. The number of hydrogen-bond acceptors (Lipinski definition) is 2. The smallest absolute Gasteiger partial charge is 0.0252 e. The average Bonchev–Trinajstić information content (AvgIpc) is 2.94. The van der Waals surface area contributed by atoms with E-state index in [9.17, 15) is 0 Å². The van der Waals surface area contributed by atoms with Crippen LogP contribution in [0.3, 0.4) is 0 Å². The Morgan fingerprint density at radius 2 is 1.59 bits per heavy atom. The van der Waals surface area contributed by atoms with Gasteiger partial charge in [-0.3, -0.25) is 4.90 Å². The highest BCUT2D eigenvalue weighted by Crippen LogP contribution is 2.31. The van der Waals surface area contributed by atoms with Gasteiger partial charge in [0.2, 0.25) is 0 Å². The number of rotatable bonds is 2. The first-order valence-electron chi connectivity index (χ1n) is 7.94. The number of hydrogen-bond donors (Lipinski definition) is 1. The Morgan fingerprint density at radius 1 is 0.765 bits per heavy atom. The Kier molecular flexibility index (Phi) is 4.02. The van der Waals surface area contributed by atoms with Crippen LogP contribution in [0.1, 0.15) is 64.2 Å². The van der Waals surface area contributed by atoms with Gasteiger partial charge in [0.05, 0.1) is 0 Å². The second kappa shape index (κ2) is 5.71. The maximum atomic E-state index is 3.75. The molecule has 0 aromatic rings. The van der Waals surface area contributed by atoms with Gasteiger partial charge in [0.25, 0.3) is 0 Å². The molecule has 0 aromatic heterocycles. The molecule has 3 fully saturated rings. The van der Waals surface area contributed by atoms with E-state index in [1.54, 1.807) is 0 Å². The van der Waals surface area contributed by atoms with Gasteiger partial charge in [-0.25, -0.2) is 0 Å². The van der Waals surface area contributed by atoms with Crippen LogP contribution in [0.5, 0.6) is 0 Å². The third-order valence-corrected chi connectivity index (χ3v) is 5.20. The molecule has 1 N–H and O–H groups in total. The third-order valence-electron chi connectivity index (χ3n) is 5.20. The number of piperidine rings is 1. The monoisotopic (exact) mass is 236 g/mol. The normalized spacial score (nSPS) is 37.4. The summed E-state index contributed by atoms with van der Waals surface area (Å²) in [5, 5.41) is 3.75. The van der Waals surface area contributed by atoms with E-state index >= 15 is 0 Å². The van der Waals surface area contributed by atoms with Crippen molar-refractivity contribution in [1.29, 1.82) is 0 Å². The Morgan fingerprint density at radius 3 is 2.35 bits per heavy atom. The molecule has 1 saturated carbocycles. The lowest BCUT2D eigenvalue weighted by atomic mass is 9.87. The summed E-state index contributed by atoms with van der Waals surface area (Å²) >= 11 is 0. The lowest BCUT2D eigenvalue weighted by Crippen LogP contribution is -2.54. The highest BCUT2D eigenvalue weighted by Gasteiger charge is 2.35. The predicted octanol–water partition coefficient (Wildman–Crippen LogP) is 2.93. The zero-order valence-electron chi connectivity index (χ0n) is 11.2. The zero-order valence-corrected chi connectivity index (χ0v) is 11.2. The van der Waals surface area contributed by atoms with E-state index in [1.165, 1.54) is 77.3 Å². The quantitative estimate of drug-likeness (QED) is 0.793. The van der Waals surface area contributed by atoms with Gasteiger partial charge in [-0.2, -0.15) is 0 Å². The van der Waals surface area contributed by atoms with Crippen LogP contribution in [0.4, 0.5) is 0 Å². The first-order chi connectivity index (χ1) is 8.45. The van der Waals surface area contributed by atoms with E-state index in [0.717, 1.165) is 18.1 Å². The molecule has 1 aliphatic carbocycles. The Balaban J connectivity index is 1.65. The molecule has 0 aromatic carbocycles. The molecular formula is C15H28N2. The molecule has 2 saturated heterocycles. The number of nitrogens with one attached hydrogen (secondary N) is 1. The minimum atomic E-state index is 0.817. The van der Waals surface area contributed by atoms with Crippen molar-refractivity contribution in [3.8, 4) is 0 Å². The average molecular weight is 236 g/mol. The minimum absolute atomic E-state index is 0.817. The molecule has 3 rings (SSSR count). The van der Waals surface area contributed by atoms with E-state index < -0.39 is 0 Å². The summed E-state index contributed by atoms with van der Waals surface area (Å²) in [6.45, 7) is 2.65. The highest BCUT2D eigenvalue weighted by atomic mass is 15.2. The van der Waals surface area contributed by atoms with Gasteiger partial charge in [0, 0.05) is 18.1 Å². The molecule has 2 nitrogen and oxygen atoms in total. The van der Waals surface area contributed by atoms with Gasteiger partial charge in [-0.15, -0.1) is 0 Å². The van der Waals surface area contributed by atoms with Crippen molar-refractivity contribution in [2.75, 3.05) is 13.1 Å². The van der Waals surface area contributed by atoms with Gasteiger partial charge in [0.1, 0.15) is 0 Å². The maximum Gasteiger partial charge on any atom is 0.0252 e. The van der Waals surface area contributed by atoms with Crippen LogP contribution < -0.4 is 5.32 Å². The van der Waals surface area contributed by atoms with Gasteiger partial charge < -0.3 is 5.32 Å². The van der Waals surface area contributed by atoms with Gasteiger partial charge >= 0.3 is 0 Å². The van der Waals surface area contributed by atoms with E-state index in [0.29, 0.717) is 0 Å². The van der Waals surface area contributed by atoms with Crippen molar-refractivity contribution < 1.29 is 0 Å². The van der Waals surface area contributed by atoms with E-state index in [4.69, 9.17) is 0 Å². The second-order valence-electron chi connectivity index (χ2n) is 6.30. The summed E-state index contributed by atoms with van der Waals surface area (Å²) in [6, 6.07) is 2.61. The lowest BCUT2D eigenvalue weighted by molar-refractivity contribution is 0.0546. The molecule has 0 bridgehead atoms. The van der Waals surface area contributed by atoms with Crippen molar-refractivity contribution in [1.82, 2.24) is 10.2 Å². The summed E-state index contributed by atoms with van der Waals surface area (Å²) in [7, 11) is 0. The van der Waals surface area contributed by atoms with Gasteiger partial charge in [0.15, 0.2) is 0 Å². The summed E-state index contributed by atoms with van der Waals surface area (Å²) in [5.74, 6) is 0. The molecule has 17 heavy (non-hydrogen) atoms. The van der Waals surface area contributed by atoms with Crippen molar-refractivity contribution in [3.05, 3.63) is 0 Å². The molecule has 2 heteroatoms. The molecule has 0 spiro atoms. The van der Waals surface area contributed by atoms with Crippen molar-refractivity contribution in [3.63, 3.8) is 0 Å². The SMILES string of the molecule is C1CCC(N2CCCCC2C2CCCN2)CC1. The van der Waals surface area contributed by atoms with Gasteiger partial charge in [-0.1, -0.05) is 25.7 Å². The fourth-order valence-electron chi connectivity index (χ4n) is 4.32. The van der Waals surface area contributed by atoms with Crippen LogP contribution in [0, 0.1) is 0 Å². The minimum Gasteiger partial charge on any atom is -0.312 e. The predicted molar refractivity (Wildman–Crippen MR) is 72.2 cm³/mol. The standard InChI is InChI=1S/C15H28N2/c1-2-7-13(8-3-1)17-12-5-4-10-15(17)14-9-6-11-16-14/h13-16H,1-12H2. The summed E-state index contributed by atoms with van der Waals surface area (Å²) in [5.41, 5.74) is 0.